The molecule has 3 aromatic carbocycles. The van der Waals surface area contributed by atoms with Crippen molar-refractivity contribution >= 4 is 43.2 Å². The molecule has 0 bridgehead atoms. The lowest BCUT2D eigenvalue weighted by molar-refractivity contribution is 0.403. The molecule has 3 aliphatic heterocycles. The number of sulfonamides is 2. The van der Waals surface area contributed by atoms with Crippen LogP contribution in [0.4, 0.5) is 11.4 Å². The minimum Gasteiger partial charge on any atom is -0.367 e. The number of nitrogens with one attached hydrogen (secondary N) is 1. The van der Waals surface area contributed by atoms with E-state index in [1.807, 2.05) is 19.9 Å². The Labute approximate surface area is 229 Å². The Bertz CT molecular complexity index is 1510. The van der Waals surface area contributed by atoms with Gasteiger partial charge in [0.05, 0.1) is 21.2 Å². The molecule has 3 aromatic rings. The summed E-state index contributed by atoms with van der Waals surface area (Å²) in [6, 6.07) is 16.6. The number of benzene rings is 3. The van der Waals surface area contributed by atoms with Crippen molar-refractivity contribution in [3.63, 3.8) is 0 Å². The third-order valence-electron chi connectivity index (χ3n) is 7.71. The van der Waals surface area contributed by atoms with E-state index in [2.05, 4.69) is 10.2 Å². The van der Waals surface area contributed by atoms with Gasteiger partial charge in [-0.2, -0.15) is 3.71 Å². The summed E-state index contributed by atoms with van der Waals surface area (Å²) >= 11 is 1.68. The van der Waals surface area contributed by atoms with Crippen molar-refractivity contribution in [2.75, 3.05) is 34.0 Å². The van der Waals surface area contributed by atoms with Gasteiger partial charge in [-0.25, -0.2) is 16.8 Å². The van der Waals surface area contributed by atoms with Gasteiger partial charge in [0.2, 0.25) is 0 Å². The molecular formula is C28H31N3O4S3. The Kier molecular flexibility index (Phi) is 6.49. The second-order valence-corrected chi connectivity index (χ2v) is 15.2. The molecule has 2 unspecified atom stereocenters. The van der Waals surface area contributed by atoms with E-state index < -0.39 is 20.0 Å². The van der Waals surface area contributed by atoms with Crippen LogP contribution in [-0.2, 0) is 20.0 Å². The van der Waals surface area contributed by atoms with Gasteiger partial charge >= 0.3 is 0 Å². The largest absolute Gasteiger partial charge is 0.367 e. The number of fused-ring (bicyclic) bond motifs is 3. The van der Waals surface area contributed by atoms with E-state index >= 15 is 0 Å². The highest BCUT2D eigenvalue weighted by atomic mass is 32.3. The highest BCUT2D eigenvalue weighted by Crippen LogP contribution is 2.52. The maximum Gasteiger partial charge on any atom is 0.277 e. The molecule has 10 heteroatoms. The summed E-state index contributed by atoms with van der Waals surface area (Å²) in [6.07, 6.45) is 2.03. The topological polar surface area (TPSA) is 86.8 Å². The first-order valence-electron chi connectivity index (χ1n) is 12.9. The average molecular weight is 570 g/mol. The van der Waals surface area contributed by atoms with Crippen molar-refractivity contribution in [3.8, 4) is 0 Å². The molecule has 38 heavy (non-hydrogen) atoms. The van der Waals surface area contributed by atoms with Gasteiger partial charge in [-0.15, -0.1) is 11.8 Å². The number of thioether (sulfide) groups is 1. The molecule has 1 N–H and O–H groups in total. The zero-order valence-corrected chi connectivity index (χ0v) is 23.9. The molecule has 0 aromatic heterocycles. The third kappa shape index (κ3) is 4.22. The summed E-state index contributed by atoms with van der Waals surface area (Å²) in [5.41, 5.74) is 4.13. The second-order valence-electron chi connectivity index (χ2n) is 10.3. The fourth-order valence-corrected chi connectivity index (χ4v) is 10.6. The van der Waals surface area contributed by atoms with Gasteiger partial charge in [-0.3, -0.25) is 0 Å². The second kappa shape index (κ2) is 9.59. The molecule has 2 atom stereocenters. The molecule has 0 amide bonds. The van der Waals surface area contributed by atoms with Crippen molar-refractivity contribution < 1.29 is 16.8 Å². The monoisotopic (exact) mass is 569 g/mol. The molecule has 1 saturated heterocycles. The highest BCUT2D eigenvalue weighted by molar-refractivity contribution is 8.10. The van der Waals surface area contributed by atoms with E-state index in [0.717, 1.165) is 65.5 Å². The summed E-state index contributed by atoms with van der Waals surface area (Å²) in [5, 5.41) is 3.49. The molecule has 0 saturated carbocycles. The zero-order chi connectivity index (χ0) is 26.7. The third-order valence-corrected chi connectivity index (χ3v) is 13.0. The lowest BCUT2D eigenvalue weighted by Gasteiger charge is -2.33. The first kappa shape index (κ1) is 25.7. The van der Waals surface area contributed by atoms with Gasteiger partial charge in [0, 0.05) is 29.9 Å². The van der Waals surface area contributed by atoms with Gasteiger partial charge in [0.25, 0.3) is 20.0 Å². The van der Waals surface area contributed by atoms with Crippen LogP contribution >= 0.6 is 11.8 Å². The Morgan fingerprint density at radius 2 is 1.50 bits per heavy atom. The fraction of sp³-hybridized carbons (Fsp3) is 0.357. The summed E-state index contributed by atoms with van der Waals surface area (Å²) < 4.78 is 57.4. The molecular weight excluding hydrogens is 539 g/mol. The molecule has 0 aliphatic carbocycles. The van der Waals surface area contributed by atoms with Crippen molar-refractivity contribution in [3.05, 3.63) is 77.4 Å². The van der Waals surface area contributed by atoms with Crippen LogP contribution < -0.4 is 13.9 Å². The number of piperidine rings is 1. The summed E-state index contributed by atoms with van der Waals surface area (Å²) in [7, 11) is -8.91. The lowest BCUT2D eigenvalue weighted by atomic mass is 9.90. The molecule has 3 aliphatic rings. The van der Waals surface area contributed by atoms with Gasteiger partial charge in [-0.05, 0) is 80.9 Å². The van der Waals surface area contributed by atoms with Crippen LogP contribution in [0.3, 0.4) is 0 Å². The normalized spacial score (nSPS) is 20.9. The first-order chi connectivity index (χ1) is 18.2. The van der Waals surface area contributed by atoms with Crippen molar-refractivity contribution in [1.82, 2.24) is 5.32 Å². The molecule has 3 heterocycles. The van der Waals surface area contributed by atoms with Crippen LogP contribution in [0.2, 0.25) is 0 Å². The quantitative estimate of drug-likeness (QED) is 0.479. The van der Waals surface area contributed by atoms with E-state index in [1.54, 1.807) is 42.1 Å². The van der Waals surface area contributed by atoms with Crippen LogP contribution in [-0.4, -0.2) is 48.3 Å². The van der Waals surface area contributed by atoms with Gasteiger partial charge in [-0.1, -0.05) is 35.4 Å². The molecule has 1 fully saturated rings. The smallest absolute Gasteiger partial charge is 0.277 e. The fourth-order valence-electron chi connectivity index (χ4n) is 5.83. The molecule has 0 spiro atoms. The number of rotatable bonds is 5. The Balaban J connectivity index is 1.58. The molecule has 7 nitrogen and oxygen atoms in total. The Morgan fingerprint density at radius 3 is 2.11 bits per heavy atom. The number of hydrogen-bond acceptors (Lipinski definition) is 7. The van der Waals surface area contributed by atoms with Gasteiger partial charge in [0.1, 0.15) is 0 Å². The number of nitrogens with zero attached hydrogens (tertiary/aromatic N) is 2. The summed E-state index contributed by atoms with van der Waals surface area (Å²) in [4.78, 5) is 3.31. The van der Waals surface area contributed by atoms with Crippen LogP contribution in [0, 0.1) is 13.8 Å². The number of aryl methyl sites for hydroxylation is 2. The van der Waals surface area contributed by atoms with Gasteiger partial charge in [0.15, 0.2) is 0 Å². The van der Waals surface area contributed by atoms with Gasteiger partial charge < -0.3 is 10.2 Å². The Hall–Kier alpha value is -2.53. The molecule has 6 rings (SSSR count). The molecule has 0 radical (unpaired) electrons. The van der Waals surface area contributed by atoms with Crippen molar-refractivity contribution in [2.24, 2.45) is 0 Å². The number of hydrogen-bond donors (Lipinski definition) is 1. The van der Waals surface area contributed by atoms with Crippen molar-refractivity contribution in [2.45, 2.75) is 53.3 Å². The van der Waals surface area contributed by atoms with E-state index in [4.69, 9.17) is 0 Å². The maximum absolute atomic E-state index is 14.2. The van der Waals surface area contributed by atoms with Crippen molar-refractivity contribution in [1.29, 1.82) is 0 Å². The Morgan fingerprint density at radius 1 is 0.895 bits per heavy atom. The average Bonchev–Trinajstić information content (AvgIpc) is 3.04. The predicted octanol–water partition coefficient (Wildman–Crippen LogP) is 4.65. The highest BCUT2D eigenvalue weighted by Gasteiger charge is 2.44. The maximum atomic E-state index is 14.2. The standard InChI is InChI=1S/C28H31N3O4S3/c1-19-4-8-22(9-5-19)37(32,33)31(38(34,35)23-10-6-20(2)7-11-23)21-16-24-25-18-29-13-12-26(25)30-14-3-15-36-27(17-21)28(24)30/h4-11,16-17,25-26,29H,3,12-15,18H2,1-2H3. The van der Waals surface area contributed by atoms with Crippen LogP contribution in [0.25, 0.3) is 0 Å². The predicted molar refractivity (Wildman–Crippen MR) is 152 cm³/mol. The summed E-state index contributed by atoms with van der Waals surface area (Å²) in [5.74, 6) is 1.08. The van der Waals surface area contributed by atoms with Crippen LogP contribution in [0.1, 0.15) is 35.4 Å². The minimum absolute atomic E-state index is 0.0587. The minimum atomic E-state index is -4.46. The van der Waals surface area contributed by atoms with E-state index in [-0.39, 0.29) is 21.4 Å². The van der Waals surface area contributed by atoms with Crippen LogP contribution in [0.15, 0.2) is 75.4 Å². The SMILES string of the molecule is Cc1ccc(S(=O)(=O)N(c2cc3c4c(c2)C2CNCCC2N4CCCS3)S(=O)(=O)c2ccc(C)cc2)cc1. The van der Waals surface area contributed by atoms with E-state index in [9.17, 15) is 16.8 Å². The van der Waals surface area contributed by atoms with E-state index in [1.165, 1.54) is 24.3 Å². The lowest BCUT2D eigenvalue weighted by Crippen LogP contribution is -2.44. The first-order valence-corrected chi connectivity index (χ1v) is 16.8. The summed E-state index contributed by atoms with van der Waals surface area (Å²) in [6.45, 7) is 6.42. The molecule has 200 valence electrons. The van der Waals surface area contributed by atoms with E-state index in [0.29, 0.717) is 9.75 Å². The van der Waals surface area contributed by atoms with Crippen LogP contribution in [0.5, 0.6) is 0 Å². The number of anilines is 2. The zero-order valence-electron chi connectivity index (χ0n) is 21.4.